The van der Waals surface area contributed by atoms with Gasteiger partial charge in [0.15, 0.2) is 0 Å². The van der Waals surface area contributed by atoms with Gasteiger partial charge in [0.25, 0.3) is 0 Å². The summed E-state index contributed by atoms with van der Waals surface area (Å²) in [5.74, 6) is 0. The van der Waals surface area contributed by atoms with E-state index in [2.05, 4.69) is 26.2 Å². The predicted molar refractivity (Wildman–Crippen MR) is 62.2 cm³/mol. The van der Waals surface area contributed by atoms with Gasteiger partial charge in [-0.05, 0) is 13.1 Å². The Bertz CT molecular complexity index is 443. The smallest absolute Gasteiger partial charge is 0.0953 e. The van der Waals surface area contributed by atoms with Gasteiger partial charge in [0.2, 0.25) is 0 Å². The van der Waals surface area contributed by atoms with Gasteiger partial charge in [0, 0.05) is 32.4 Å². The molecule has 5 nitrogen and oxygen atoms in total. The van der Waals surface area contributed by atoms with Crippen molar-refractivity contribution in [2.75, 3.05) is 13.6 Å². The molecule has 0 aromatic carbocycles. The van der Waals surface area contributed by atoms with E-state index in [0.717, 1.165) is 30.9 Å². The Morgan fingerprint density at radius 1 is 1.38 bits per heavy atom. The van der Waals surface area contributed by atoms with E-state index >= 15 is 0 Å². The zero-order valence-corrected chi connectivity index (χ0v) is 9.72. The molecule has 2 aromatic heterocycles. The summed E-state index contributed by atoms with van der Waals surface area (Å²) in [6, 6.07) is 2.02. The molecule has 0 fully saturated rings. The fourth-order valence-corrected chi connectivity index (χ4v) is 1.61. The molecule has 1 N–H and O–H groups in total. The Kier molecular flexibility index (Phi) is 3.36. The van der Waals surface area contributed by atoms with E-state index in [9.17, 15) is 0 Å². The third kappa shape index (κ3) is 2.70. The standard InChI is InChI=1S/C11H17N5/c1-12-5-3-10-7-16(9-13-10)8-11-4-6-15(2)14-11/h4,6-7,9,12H,3,5,8H2,1-2H3. The third-order valence-corrected chi connectivity index (χ3v) is 2.43. The van der Waals surface area contributed by atoms with E-state index in [1.165, 1.54) is 0 Å². The van der Waals surface area contributed by atoms with Gasteiger partial charge in [-0.2, -0.15) is 5.10 Å². The number of rotatable bonds is 5. The Morgan fingerprint density at radius 2 is 2.25 bits per heavy atom. The Labute approximate surface area is 95.1 Å². The molecule has 0 aliphatic rings. The summed E-state index contributed by atoms with van der Waals surface area (Å²) in [6.07, 6.45) is 6.85. The highest BCUT2D eigenvalue weighted by Gasteiger charge is 2.01. The first-order valence-electron chi connectivity index (χ1n) is 5.41. The van der Waals surface area contributed by atoms with E-state index in [0.29, 0.717) is 0 Å². The summed E-state index contributed by atoms with van der Waals surface area (Å²) < 4.78 is 3.88. The topological polar surface area (TPSA) is 47.7 Å². The minimum absolute atomic E-state index is 0.785. The van der Waals surface area contributed by atoms with Crippen LogP contribution in [0, 0.1) is 0 Å². The number of aromatic nitrogens is 4. The van der Waals surface area contributed by atoms with Gasteiger partial charge in [-0.3, -0.25) is 4.68 Å². The molecule has 0 saturated carbocycles. The predicted octanol–water partition coefficient (Wildman–Crippen LogP) is 0.427. The van der Waals surface area contributed by atoms with Gasteiger partial charge in [0.1, 0.15) is 0 Å². The molecular formula is C11H17N5. The number of aryl methyl sites for hydroxylation is 1. The van der Waals surface area contributed by atoms with Crippen molar-refractivity contribution in [3.8, 4) is 0 Å². The van der Waals surface area contributed by atoms with Crippen LogP contribution in [-0.2, 0) is 20.0 Å². The summed E-state index contributed by atoms with van der Waals surface area (Å²) in [4.78, 5) is 4.35. The fourth-order valence-electron chi connectivity index (χ4n) is 1.61. The molecule has 0 saturated heterocycles. The first kappa shape index (κ1) is 10.9. The van der Waals surface area contributed by atoms with Crippen LogP contribution < -0.4 is 5.32 Å². The van der Waals surface area contributed by atoms with Crippen molar-refractivity contribution in [2.24, 2.45) is 7.05 Å². The molecular weight excluding hydrogens is 202 g/mol. The summed E-state index contributed by atoms with van der Waals surface area (Å²) in [5.41, 5.74) is 2.17. The van der Waals surface area contributed by atoms with Gasteiger partial charge in [-0.25, -0.2) is 4.98 Å². The van der Waals surface area contributed by atoms with Crippen LogP contribution in [0.1, 0.15) is 11.4 Å². The molecule has 0 unspecified atom stereocenters. The number of nitrogens with one attached hydrogen (secondary N) is 1. The maximum absolute atomic E-state index is 4.35. The molecule has 0 aliphatic carbocycles. The van der Waals surface area contributed by atoms with Crippen LogP contribution in [-0.4, -0.2) is 32.9 Å². The second-order valence-corrected chi connectivity index (χ2v) is 3.87. The minimum Gasteiger partial charge on any atom is -0.331 e. The first-order chi connectivity index (χ1) is 7.78. The lowest BCUT2D eigenvalue weighted by atomic mass is 10.3. The van der Waals surface area contributed by atoms with Crippen LogP contribution in [0.4, 0.5) is 0 Å². The van der Waals surface area contributed by atoms with Crippen LogP contribution in [0.15, 0.2) is 24.8 Å². The van der Waals surface area contributed by atoms with Crippen molar-refractivity contribution >= 4 is 0 Å². The third-order valence-electron chi connectivity index (χ3n) is 2.43. The van der Waals surface area contributed by atoms with Crippen molar-refractivity contribution in [3.63, 3.8) is 0 Å². The van der Waals surface area contributed by atoms with Gasteiger partial charge < -0.3 is 9.88 Å². The second kappa shape index (κ2) is 4.94. The molecule has 0 bridgehead atoms. The summed E-state index contributed by atoms with van der Waals surface area (Å²) in [5, 5.41) is 7.45. The molecule has 86 valence electrons. The van der Waals surface area contributed by atoms with E-state index in [-0.39, 0.29) is 0 Å². The second-order valence-electron chi connectivity index (χ2n) is 3.87. The van der Waals surface area contributed by atoms with Gasteiger partial charge in [-0.1, -0.05) is 0 Å². The van der Waals surface area contributed by atoms with E-state index in [4.69, 9.17) is 0 Å². The summed E-state index contributed by atoms with van der Waals surface area (Å²) in [6.45, 7) is 1.74. The Hall–Kier alpha value is -1.62. The van der Waals surface area contributed by atoms with Crippen molar-refractivity contribution in [1.82, 2.24) is 24.6 Å². The number of nitrogens with zero attached hydrogens (tertiary/aromatic N) is 4. The van der Waals surface area contributed by atoms with E-state index in [1.807, 2.05) is 37.4 Å². The molecule has 0 aliphatic heterocycles. The van der Waals surface area contributed by atoms with E-state index in [1.54, 1.807) is 0 Å². The highest BCUT2D eigenvalue weighted by Crippen LogP contribution is 2.02. The molecule has 0 amide bonds. The molecule has 2 aromatic rings. The number of likely N-dealkylation sites (N-methyl/N-ethyl adjacent to an activating group) is 1. The van der Waals surface area contributed by atoms with Crippen molar-refractivity contribution in [1.29, 1.82) is 0 Å². The monoisotopic (exact) mass is 219 g/mol. The molecule has 5 heteroatoms. The Balaban J connectivity index is 1.97. The van der Waals surface area contributed by atoms with Gasteiger partial charge in [-0.15, -0.1) is 0 Å². The number of hydrogen-bond donors (Lipinski definition) is 1. The van der Waals surface area contributed by atoms with Gasteiger partial charge >= 0.3 is 0 Å². The first-order valence-corrected chi connectivity index (χ1v) is 5.41. The van der Waals surface area contributed by atoms with Crippen LogP contribution >= 0.6 is 0 Å². The largest absolute Gasteiger partial charge is 0.331 e. The fraction of sp³-hybridized carbons (Fsp3) is 0.455. The highest BCUT2D eigenvalue weighted by atomic mass is 15.3. The molecule has 2 heterocycles. The number of hydrogen-bond acceptors (Lipinski definition) is 3. The molecule has 0 atom stereocenters. The van der Waals surface area contributed by atoms with Crippen LogP contribution in [0.25, 0.3) is 0 Å². The number of imidazole rings is 1. The lowest BCUT2D eigenvalue weighted by Crippen LogP contribution is -2.10. The SMILES string of the molecule is CNCCc1cn(Cc2ccn(C)n2)cn1. The van der Waals surface area contributed by atoms with Crippen molar-refractivity contribution in [2.45, 2.75) is 13.0 Å². The molecule has 0 radical (unpaired) electrons. The maximum Gasteiger partial charge on any atom is 0.0953 e. The van der Waals surface area contributed by atoms with E-state index < -0.39 is 0 Å². The summed E-state index contributed by atoms with van der Waals surface area (Å²) in [7, 11) is 3.88. The quantitative estimate of drug-likeness (QED) is 0.793. The van der Waals surface area contributed by atoms with Crippen molar-refractivity contribution in [3.05, 3.63) is 36.2 Å². The van der Waals surface area contributed by atoms with Crippen molar-refractivity contribution < 1.29 is 0 Å². The van der Waals surface area contributed by atoms with Crippen LogP contribution in [0.3, 0.4) is 0 Å². The lowest BCUT2D eigenvalue weighted by Gasteiger charge is -1.97. The average molecular weight is 219 g/mol. The van der Waals surface area contributed by atoms with Crippen LogP contribution in [0.5, 0.6) is 0 Å². The molecule has 0 spiro atoms. The molecule has 2 rings (SSSR count). The highest BCUT2D eigenvalue weighted by molar-refractivity contribution is 5.03. The molecule has 16 heavy (non-hydrogen) atoms. The van der Waals surface area contributed by atoms with Gasteiger partial charge in [0.05, 0.1) is 24.3 Å². The zero-order valence-electron chi connectivity index (χ0n) is 9.72. The summed E-state index contributed by atoms with van der Waals surface area (Å²) >= 11 is 0. The van der Waals surface area contributed by atoms with Crippen LogP contribution in [0.2, 0.25) is 0 Å². The normalized spacial score (nSPS) is 10.9. The minimum atomic E-state index is 0.785. The lowest BCUT2D eigenvalue weighted by molar-refractivity contribution is 0.705. The zero-order chi connectivity index (χ0) is 11.4. The average Bonchev–Trinajstić information content (AvgIpc) is 2.86. The maximum atomic E-state index is 4.35. The Morgan fingerprint density at radius 3 is 2.94 bits per heavy atom.